The lowest BCUT2D eigenvalue weighted by Crippen LogP contribution is -2.54. The van der Waals surface area contributed by atoms with Crippen LogP contribution in [0.4, 0.5) is 0 Å². The van der Waals surface area contributed by atoms with Gasteiger partial charge < -0.3 is 10.6 Å². The molecule has 2 heterocycles. The van der Waals surface area contributed by atoms with E-state index in [0.29, 0.717) is 23.7 Å². The minimum atomic E-state index is -0.0852. The van der Waals surface area contributed by atoms with Crippen molar-refractivity contribution < 1.29 is 4.79 Å². The first kappa shape index (κ1) is 18.9. The smallest absolute Gasteiger partial charge is 0.257 e. The van der Waals surface area contributed by atoms with Crippen LogP contribution in [0.25, 0.3) is 5.69 Å². The predicted octanol–water partition coefficient (Wildman–Crippen LogP) is 3.85. The second-order valence-corrected chi connectivity index (χ2v) is 8.53. The van der Waals surface area contributed by atoms with Crippen molar-refractivity contribution in [1.82, 2.24) is 14.7 Å². The Morgan fingerprint density at radius 2 is 1.96 bits per heavy atom. The Morgan fingerprint density at radius 1 is 1.31 bits per heavy atom. The zero-order valence-corrected chi connectivity index (χ0v) is 16.6. The van der Waals surface area contributed by atoms with E-state index in [0.717, 1.165) is 17.8 Å². The topological polar surface area (TPSA) is 64.2 Å². The maximum atomic E-state index is 13.2. The molecule has 26 heavy (non-hydrogen) atoms. The highest BCUT2D eigenvalue weighted by molar-refractivity contribution is 6.30. The Labute approximate surface area is 160 Å². The summed E-state index contributed by atoms with van der Waals surface area (Å²) in [4.78, 5) is 15.1. The average molecular weight is 375 g/mol. The van der Waals surface area contributed by atoms with Gasteiger partial charge in [-0.25, -0.2) is 4.68 Å². The molecule has 0 spiro atoms. The molecule has 2 aromatic rings. The zero-order chi connectivity index (χ0) is 19.1. The zero-order valence-electron chi connectivity index (χ0n) is 15.9. The molecule has 1 amide bonds. The quantitative estimate of drug-likeness (QED) is 0.887. The highest BCUT2D eigenvalue weighted by Gasteiger charge is 2.36. The van der Waals surface area contributed by atoms with Crippen molar-refractivity contribution in [1.29, 1.82) is 0 Å². The maximum Gasteiger partial charge on any atom is 0.257 e. The van der Waals surface area contributed by atoms with Crippen LogP contribution in [-0.2, 0) is 0 Å². The molecule has 1 unspecified atom stereocenters. The van der Waals surface area contributed by atoms with Gasteiger partial charge in [0.15, 0.2) is 0 Å². The van der Waals surface area contributed by atoms with E-state index >= 15 is 0 Å². The molecule has 6 heteroatoms. The van der Waals surface area contributed by atoms with Gasteiger partial charge in [-0.05, 0) is 42.0 Å². The van der Waals surface area contributed by atoms with Crippen LogP contribution in [0.3, 0.4) is 0 Å². The molecule has 1 aliphatic rings. The molecule has 5 nitrogen and oxygen atoms in total. The molecule has 0 aliphatic carbocycles. The van der Waals surface area contributed by atoms with Crippen LogP contribution in [0.1, 0.15) is 56.1 Å². The molecule has 2 N–H and O–H groups in total. The van der Waals surface area contributed by atoms with E-state index in [-0.39, 0.29) is 23.3 Å². The second kappa shape index (κ2) is 7.05. The highest BCUT2D eigenvalue weighted by Crippen LogP contribution is 2.30. The number of benzene rings is 1. The fraction of sp³-hybridized carbons (Fsp3) is 0.500. The van der Waals surface area contributed by atoms with Crippen LogP contribution in [-0.4, -0.2) is 39.7 Å². The summed E-state index contributed by atoms with van der Waals surface area (Å²) in [5.74, 6) is 0.195. The van der Waals surface area contributed by atoms with Crippen molar-refractivity contribution in [2.24, 2.45) is 11.1 Å². The Bertz CT molecular complexity index is 795. The normalized spacial score (nSPS) is 19.8. The number of rotatable bonds is 3. The molecule has 1 aliphatic heterocycles. The fourth-order valence-corrected chi connectivity index (χ4v) is 3.71. The number of carbonyl (C=O) groups excluding carboxylic acids is 1. The van der Waals surface area contributed by atoms with Gasteiger partial charge in [0.2, 0.25) is 0 Å². The minimum absolute atomic E-state index is 0.0360. The minimum Gasteiger partial charge on any atom is -0.338 e. The third kappa shape index (κ3) is 3.51. The first-order valence-electron chi connectivity index (χ1n) is 9.09. The molecular weight excluding hydrogens is 348 g/mol. The Kier molecular flexibility index (Phi) is 5.13. The number of nitrogens with zero attached hydrogens (tertiary/aromatic N) is 3. The van der Waals surface area contributed by atoms with Crippen molar-refractivity contribution in [2.45, 2.75) is 46.1 Å². The summed E-state index contributed by atoms with van der Waals surface area (Å²) < 4.78 is 1.84. The molecule has 0 saturated carbocycles. The van der Waals surface area contributed by atoms with Gasteiger partial charge >= 0.3 is 0 Å². The third-order valence-electron chi connectivity index (χ3n) is 5.25. The van der Waals surface area contributed by atoms with Crippen LogP contribution < -0.4 is 5.73 Å². The molecular formula is C20H27ClN4O. The van der Waals surface area contributed by atoms with Crippen LogP contribution in [0.15, 0.2) is 30.5 Å². The van der Waals surface area contributed by atoms with Crippen LogP contribution in [0.5, 0.6) is 0 Å². The van der Waals surface area contributed by atoms with Gasteiger partial charge in [0, 0.05) is 24.2 Å². The molecule has 1 aromatic heterocycles. The number of nitrogens with two attached hydrogens (primary N) is 1. The van der Waals surface area contributed by atoms with Gasteiger partial charge in [0.25, 0.3) is 5.91 Å². The lowest BCUT2D eigenvalue weighted by atomic mass is 9.79. The summed E-state index contributed by atoms with van der Waals surface area (Å²) in [6.45, 7) is 9.76. The third-order valence-corrected chi connectivity index (χ3v) is 5.51. The largest absolute Gasteiger partial charge is 0.338 e. The lowest BCUT2D eigenvalue weighted by molar-refractivity contribution is 0.0531. The van der Waals surface area contributed by atoms with E-state index in [1.807, 2.05) is 33.8 Å². The molecule has 1 atom stereocenters. The average Bonchev–Trinajstić information content (AvgIpc) is 3.02. The predicted molar refractivity (Wildman–Crippen MR) is 105 cm³/mol. The molecule has 1 aromatic carbocycles. The summed E-state index contributed by atoms with van der Waals surface area (Å²) >= 11 is 6.00. The standard InChI is InChI=1S/C20H27ClN4O/c1-13(2)18-16(11-23-25(18)15-7-5-14(21)6-8-15)19(26)24-10-9-17(22)20(3,4)12-24/h5-8,11,13,17H,9-10,12,22H2,1-4H3. The molecule has 0 bridgehead atoms. The monoisotopic (exact) mass is 374 g/mol. The van der Waals surface area contributed by atoms with E-state index in [9.17, 15) is 4.79 Å². The van der Waals surface area contributed by atoms with Gasteiger partial charge in [-0.1, -0.05) is 39.3 Å². The number of aromatic nitrogens is 2. The maximum absolute atomic E-state index is 13.2. The van der Waals surface area contributed by atoms with Crippen LogP contribution in [0, 0.1) is 5.41 Å². The fourth-order valence-electron chi connectivity index (χ4n) is 3.58. The molecule has 1 fully saturated rings. The second-order valence-electron chi connectivity index (χ2n) is 8.10. The summed E-state index contributed by atoms with van der Waals surface area (Å²) in [5, 5.41) is 5.18. The summed E-state index contributed by atoms with van der Waals surface area (Å²) in [7, 11) is 0. The molecule has 0 radical (unpaired) electrons. The van der Waals surface area contributed by atoms with Gasteiger partial charge in [-0.2, -0.15) is 5.10 Å². The van der Waals surface area contributed by atoms with Crippen molar-refractivity contribution in [3.63, 3.8) is 0 Å². The van der Waals surface area contributed by atoms with E-state index in [1.54, 1.807) is 6.20 Å². The van der Waals surface area contributed by atoms with E-state index in [4.69, 9.17) is 17.3 Å². The van der Waals surface area contributed by atoms with Crippen molar-refractivity contribution in [3.05, 3.63) is 46.7 Å². The Hall–Kier alpha value is -1.85. The van der Waals surface area contributed by atoms with Gasteiger partial charge in [-0.3, -0.25) is 4.79 Å². The first-order valence-corrected chi connectivity index (χ1v) is 9.47. The van der Waals surface area contributed by atoms with Crippen LogP contribution >= 0.6 is 11.6 Å². The first-order chi connectivity index (χ1) is 12.2. The lowest BCUT2D eigenvalue weighted by Gasteiger charge is -2.42. The van der Waals surface area contributed by atoms with Crippen molar-refractivity contribution in [2.75, 3.05) is 13.1 Å². The number of likely N-dealkylation sites (tertiary alicyclic amines) is 1. The van der Waals surface area contributed by atoms with E-state index in [1.165, 1.54) is 0 Å². The SMILES string of the molecule is CC(C)c1c(C(=O)N2CCC(N)C(C)(C)C2)cnn1-c1ccc(Cl)cc1. The molecule has 3 rings (SSSR count). The number of carbonyl (C=O) groups is 1. The highest BCUT2D eigenvalue weighted by atomic mass is 35.5. The summed E-state index contributed by atoms with van der Waals surface area (Å²) in [5.41, 5.74) is 8.62. The molecule has 1 saturated heterocycles. The Balaban J connectivity index is 1.95. The summed E-state index contributed by atoms with van der Waals surface area (Å²) in [6, 6.07) is 7.61. The van der Waals surface area contributed by atoms with E-state index in [2.05, 4.69) is 32.8 Å². The number of amides is 1. The van der Waals surface area contributed by atoms with Crippen LogP contribution in [0.2, 0.25) is 5.02 Å². The number of halogens is 1. The van der Waals surface area contributed by atoms with E-state index < -0.39 is 0 Å². The van der Waals surface area contributed by atoms with Gasteiger partial charge in [0.1, 0.15) is 0 Å². The number of hydrogen-bond acceptors (Lipinski definition) is 3. The summed E-state index contributed by atoms with van der Waals surface area (Å²) in [6.07, 6.45) is 2.51. The molecule has 140 valence electrons. The van der Waals surface area contributed by atoms with Crippen molar-refractivity contribution >= 4 is 17.5 Å². The van der Waals surface area contributed by atoms with Crippen molar-refractivity contribution in [3.8, 4) is 5.69 Å². The Morgan fingerprint density at radius 3 is 2.54 bits per heavy atom. The van der Waals surface area contributed by atoms with Gasteiger partial charge in [0.05, 0.1) is 23.1 Å². The number of hydrogen-bond donors (Lipinski definition) is 1. The number of piperidine rings is 1. The van der Waals surface area contributed by atoms with Gasteiger partial charge in [-0.15, -0.1) is 0 Å².